The van der Waals surface area contributed by atoms with Crippen molar-refractivity contribution in [3.63, 3.8) is 0 Å². The maximum absolute atomic E-state index is 5.73. The van der Waals surface area contributed by atoms with Crippen LogP contribution >= 0.6 is 11.3 Å². The minimum Gasteiger partial charge on any atom is -0.330 e. The van der Waals surface area contributed by atoms with E-state index in [4.69, 9.17) is 5.73 Å². The first-order chi connectivity index (χ1) is 7.93. The Morgan fingerprint density at radius 1 is 1.47 bits per heavy atom. The van der Waals surface area contributed by atoms with Gasteiger partial charge in [0.1, 0.15) is 0 Å². The van der Waals surface area contributed by atoms with Crippen LogP contribution < -0.4 is 5.73 Å². The second-order valence-electron chi connectivity index (χ2n) is 5.57. The van der Waals surface area contributed by atoms with Crippen molar-refractivity contribution in [1.82, 2.24) is 9.88 Å². The predicted molar refractivity (Wildman–Crippen MR) is 75.3 cm³/mol. The maximum atomic E-state index is 5.73. The van der Waals surface area contributed by atoms with Gasteiger partial charge in [-0.05, 0) is 45.3 Å². The molecule has 0 saturated heterocycles. The molecule has 0 unspecified atom stereocenters. The molecule has 0 fully saturated rings. The fourth-order valence-corrected chi connectivity index (χ4v) is 2.37. The molecule has 0 aromatic carbocycles. The van der Waals surface area contributed by atoms with Crippen molar-refractivity contribution in [2.75, 3.05) is 20.1 Å². The first-order valence-corrected chi connectivity index (χ1v) is 7.10. The van der Waals surface area contributed by atoms with Crippen LogP contribution in [0.2, 0.25) is 0 Å². The van der Waals surface area contributed by atoms with Gasteiger partial charge in [0, 0.05) is 11.9 Å². The summed E-state index contributed by atoms with van der Waals surface area (Å²) in [6, 6.07) is 0. The number of aryl methyl sites for hydroxylation is 1. The topological polar surface area (TPSA) is 42.2 Å². The van der Waals surface area contributed by atoms with E-state index in [1.807, 2.05) is 0 Å². The molecule has 0 aliphatic carbocycles. The average molecular weight is 255 g/mol. The fraction of sp³-hybridized carbons (Fsp3) is 0.769. The van der Waals surface area contributed by atoms with Crippen LogP contribution in [0, 0.1) is 12.3 Å². The maximum Gasteiger partial charge on any atom is 0.0897 e. The number of aromatic nitrogens is 1. The number of nitrogens with two attached hydrogens (primary N) is 1. The lowest BCUT2D eigenvalue weighted by Gasteiger charge is -2.23. The van der Waals surface area contributed by atoms with Crippen molar-refractivity contribution in [3.8, 4) is 0 Å². The van der Waals surface area contributed by atoms with Crippen molar-refractivity contribution in [1.29, 1.82) is 0 Å². The van der Waals surface area contributed by atoms with Crippen LogP contribution in [-0.2, 0) is 6.54 Å². The molecule has 0 saturated carbocycles. The number of hydrogen-bond donors (Lipinski definition) is 1. The molecule has 0 bridgehead atoms. The summed E-state index contributed by atoms with van der Waals surface area (Å²) in [5, 5.41) is 3.30. The molecule has 17 heavy (non-hydrogen) atoms. The SMILES string of the molecule is Cc1nc(CN(C)CCCC(C)(C)CN)cs1. The highest BCUT2D eigenvalue weighted by Gasteiger charge is 2.15. The molecule has 1 heterocycles. The van der Waals surface area contributed by atoms with Crippen LogP contribution in [0.15, 0.2) is 5.38 Å². The summed E-state index contributed by atoms with van der Waals surface area (Å²) in [7, 11) is 2.16. The van der Waals surface area contributed by atoms with E-state index >= 15 is 0 Å². The second kappa shape index (κ2) is 6.47. The summed E-state index contributed by atoms with van der Waals surface area (Å²) in [6.45, 7) is 9.35. The van der Waals surface area contributed by atoms with Crippen molar-refractivity contribution >= 4 is 11.3 Å². The summed E-state index contributed by atoms with van der Waals surface area (Å²) in [5.41, 5.74) is 7.19. The van der Waals surface area contributed by atoms with Crippen LogP contribution in [-0.4, -0.2) is 30.0 Å². The highest BCUT2D eigenvalue weighted by Crippen LogP contribution is 2.20. The van der Waals surface area contributed by atoms with E-state index in [0.717, 1.165) is 24.6 Å². The molecule has 0 atom stereocenters. The van der Waals surface area contributed by atoms with Gasteiger partial charge < -0.3 is 10.6 Å². The second-order valence-corrected chi connectivity index (χ2v) is 6.63. The van der Waals surface area contributed by atoms with Gasteiger partial charge >= 0.3 is 0 Å². The van der Waals surface area contributed by atoms with Gasteiger partial charge in [-0.1, -0.05) is 13.8 Å². The molecule has 0 amide bonds. The van der Waals surface area contributed by atoms with Gasteiger partial charge in [0.2, 0.25) is 0 Å². The quantitative estimate of drug-likeness (QED) is 0.814. The molecule has 0 spiro atoms. The van der Waals surface area contributed by atoms with Gasteiger partial charge in [-0.15, -0.1) is 11.3 Å². The first-order valence-electron chi connectivity index (χ1n) is 6.22. The van der Waals surface area contributed by atoms with Crippen LogP contribution in [0.1, 0.15) is 37.4 Å². The number of hydrogen-bond acceptors (Lipinski definition) is 4. The summed E-state index contributed by atoms with van der Waals surface area (Å²) >= 11 is 1.72. The fourth-order valence-electron chi connectivity index (χ4n) is 1.77. The molecule has 0 aliphatic rings. The lowest BCUT2D eigenvalue weighted by molar-refractivity contribution is 0.272. The molecular weight excluding hydrogens is 230 g/mol. The normalized spacial score (nSPS) is 12.4. The Bertz CT molecular complexity index is 333. The van der Waals surface area contributed by atoms with Crippen LogP contribution in [0.25, 0.3) is 0 Å². The molecule has 0 radical (unpaired) electrons. The third-order valence-electron chi connectivity index (χ3n) is 3.04. The zero-order valence-corrected chi connectivity index (χ0v) is 12.3. The zero-order valence-electron chi connectivity index (χ0n) is 11.5. The summed E-state index contributed by atoms with van der Waals surface area (Å²) < 4.78 is 0. The molecule has 98 valence electrons. The Hall–Kier alpha value is -0.450. The minimum atomic E-state index is 0.276. The van der Waals surface area contributed by atoms with E-state index in [-0.39, 0.29) is 5.41 Å². The first kappa shape index (κ1) is 14.6. The van der Waals surface area contributed by atoms with E-state index in [0.29, 0.717) is 0 Å². The van der Waals surface area contributed by atoms with E-state index in [1.165, 1.54) is 18.5 Å². The minimum absolute atomic E-state index is 0.276. The van der Waals surface area contributed by atoms with E-state index < -0.39 is 0 Å². The molecule has 1 aromatic rings. The lowest BCUT2D eigenvalue weighted by Crippen LogP contribution is -2.26. The lowest BCUT2D eigenvalue weighted by atomic mass is 9.88. The molecule has 1 rings (SSSR count). The zero-order chi connectivity index (χ0) is 12.9. The summed E-state index contributed by atoms with van der Waals surface area (Å²) in [6.07, 6.45) is 2.38. The smallest absolute Gasteiger partial charge is 0.0897 e. The van der Waals surface area contributed by atoms with Gasteiger partial charge in [-0.3, -0.25) is 0 Å². The van der Waals surface area contributed by atoms with E-state index in [9.17, 15) is 0 Å². The van der Waals surface area contributed by atoms with Gasteiger partial charge in [0.05, 0.1) is 10.7 Å². The summed E-state index contributed by atoms with van der Waals surface area (Å²) in [4.78, 5) is 6.81. The van der Waals surface area contributed by atoms with Gasteiger partial charge in [0.25, 0.3) is 0 Å². The molecular formula is C13H25N3S. The van der Waals surface area contributed by atoms with E-state index in [1.54, 1.807) is 11.3 Å². The molecule has 4 heteroatoms. The summed E-state index contributed by atoms with van der Waals surface area (Å²) in [5.74, 6) is 0. The molecule has 3 nitrogen and oxygen atoms in total. The van der Waals surface area contributed by atoms with Gasteiger partial charge in [-0.25, -0.2) is 4.98 Å². The third-order valence-corrected chi connectivity index (χ3v) is 3.87. The van der Waals surface area contributed by atoms with Crippen LogP contribution in [0.3, 0.4) is 0 Å². The Morgan fingerprint density at radius 3 is 2.71 bits per heavy atom. The van der Waals surface area contributed by atoms with Crippen LogP contribution in [0.4, 0.5) is 0 Å². The number of rotatable bonds is 7. The number of nitrogens with zero attached hydrogens (tertiary/aromatic N) is 2. The Kier molecular flexibility index (Phi) is 5.56. The Labute approximate surface area is 109 Å². The van der Waals surface area contributed by atoms with Gasteiger partial charge in [-0.2, -0.15) is 0 Å². The monoisotopic (exact) mass is 255 g/mol. The Balaban J connectivity index is 2.24. The largest absolute Gasteiger partial charge is 0.330 e. The predicted octanol–water partition coefficient (Wildman–Crippen LogP) is 2.65. The third kappa shape index (κ3) is 5.61. The van der Waals surface area contributed by atoms with Crippen molar-refractivity contribution in [2.45, 2.75) is 40.2 Å². The van der Waals surface area contributed by atoms with Gasteiger partial charge in [0.15, 0.2) is 0 Å². The highest BCUT2D eigenvalue weighted by atomic mass is 32.1. The van der Waals surface area contributed by atoms with Crippen LogP contribution in [0.5, 0.6) is 0 Å². The Morgan fingerprint density at radius 2 is 2.18 bits per heavy atom. The standard InChI is InChI=1S/C13H25N3S/c1-11-15-12(9-17-11)8-16(4)7-5-6-13(2,3)10-14/h9H,5-8,10,14H2,1-4H3. The van der Waals surface area contributed by atoms with Crippen molar-refractivity contribution in [2.24, 2.45) is 11.1 Å². The molecule has 1 aromatic heterocycles. The highest BCUT2D eigenvalue weighted by molar-refractivity contribution is 7.09. The van der Waals surface area contributed by atoms with E-state index in [2.05, 4.69) is 43.1 Å². The van der Waals surface area contributed by atoms with Crippen molar-refractivity contribution < 1.29 is 0 Å². The molecule has 0 aliphatic heterocycles. The average Bonchev–Trinajstić information content (AvgIpc) is 2.63. The number of thiazole rings is 1. The molecule has 2 N–H and O–H groups in total. The van der Waals surface area contributed by atoms with Crippen molar-refractivity contribution in [3.05, 3.63) is 16.1 Å².